The van der Waals surface area contributed by atoms with E-state index in [2.05, 4.69) is 15.3 Å². The standard InChI is InChI=1S/C19H18FN3O2S2/c1-26-10-9-25-11-16-15(3-2-8-21-16)17-12-27-19(22-17)23-18(24)13-4-6-14(20)7-5-13/h2-8,12H,9-11H2,1H3,(H,22,23,24). The summed E-state index contributed by atoms with van der Waals surface area (Å²) < 4.78 is 18.6. The molecule has 140 valence electrons. The van der Waals surface area contributed by atoms with Crippen LogP contribution in [0, 0.1) is 5.82 Å². The molecular formula is C19H18FN3O2S2. The number of ether oxygens (including phenoxy) is 1. The van der Waals surface area contributed by atoms with Crippen molar-refractivity contribution in [3.63, 3.8) is 0 Å². The number of hydrogen-bond acceptors (Lipinski definition) is 6. The molecule has 2 aromatic heterocycles. The fourth-order valence-corrected chi connectivity index (χ4v) is 3.31. The van der Waals surface area contributed by atoms with Crippen LogP contribution in [0.25, 0.3) is 11.3 Å². The third-order valence-electron chi connectivity index (χ3n) is 3.67. The van der Waals surface area contributed by atoms with Crippen molar-refractivity contribution in [3.8, 4) is 11.3 Å². The molecule has 0 aliphatic carbocycles. The van der Waals surface area contributed by atoms with Gasteiger partial charge in [-0.3, -0.25) is 15.1 Å². The quantitative estimate of drug-likeness (QED) is 0.562. The Hall–Kier alpha value is -2.29. The summed E-state index contributed by atoms with van der Waals surface area (Å²) in [6.45, 7) is 1.07. The summed E-state index contributed by atoms with van der Waals surface area (Å²) in [6.07, 6.45) is 3.76. The number of carbonyl (C=O) groups is 1. The van der Waals surface area contributed by atoms with Crippen LogP contribution in [-0.2, 0) is 11.3 Å². The maximum Gasteiger partial charge on any atom is 0.257 e. The number of nitrogens with zero attached hydrogens (tertiary/aromatic N) is 2. The zero-order valence-corrected chi connectivity index (χ0v) is 16.3. The molecule has 0 radical (unpaired) electrons. The number of pyridine rings is 1. The summed E-state index contributed by atoms with van der Waals surface area (Å²) in [7, 11) is 0. The van der Waals surface area contributed by atoms with Gasteiger partial charge in [0.1, 0.15) is 5.82 Å². The first kappa shape index (κ1) is 19.5. The summed E-state index contributed by atoms with van der Waals surface area (Å²) >= 11 is 3.05. The minimum atomic E-state index is -0.382. The number of thiazole rings is 1. The Morgan fingerprint density at radius 3 is 2.89 bits per heavy atom. The molecule has 0 aliphatic heterocycles. The first-order valence-corrected chi connectivity index (χ1v) is 10.5. The molecule has 0 atom stereocenters. The van der Waals surface area contributed by atoms with Crippen LogP contribution in [0.1, 0.15) is 16.1 Å². The number of hydrogen-bond donors (Lipinski definition) is 1. The highest BCUT2D eigenvalue weighted by Gasteiger charge is 2.13. The van der Waals surface area contributed by atoms with Crippen molar-refractivity contribution in [2.75, 3.05) is 23.9 Å². The molecule has 1 amide bonds. The molecule has 0 saturated carbocycles. The van der Waals surface area contributed by atoms with Gasteiger partial charge < -0.3 is 4.74 Å². The van der Waals surface area contributed by atoms with Crippen LogP contribution < -0.4 is 5.32 Å². The molecule has 0 bridgehead atoms. The second-order valence-corrected chi connectivity index (χ2v) is 7.39. The molecule has 1 aromatic carbocycles. The van der Waals surface area contributed by atoms with Crippen molar-refractivity contribution in [2.45, 2.75) is 6.61 Å². The predicted octanol–water partition coefficient (Wildman–Crippen LogP) is 4.48. The molecule has 0 unspecified atom stereocenters. The summed E-state index contributed by atoms with van der Waals surface area (Å²) in [4.78, 5) is 21.1. The summed E-state index contributed by atoms with van der Waals surface area (Å²) in [5.74, 6) is 0.216. The second-order valence-electron chi connectivity index (χ2n) is 5.54. The van der Waals surface area contributed by atoms with E-state index in [-0.39, 0.29) is 11.7 Å². The number of thioether (sulfide) groups is 1. The lowest BCUT2D eigenvalue weighted by Crippen LogP contribution is -2.11. The Morgan fingerprint density at radius 2 is 2.11 bits per heavy atom. The number of halogens is 1. The highest BCUT2D eigenvalue weighted by atomic mass is 32.2. The van der Waals surface area contributed by atoms with Gasteiger partial charge in [0.05, 0.1) is 24.6 Å². The fraction of sp³-hybridized carbons (Fsp3) is 0.211. The van der Waals surface area contributed by atoms with Crippen LogP contribution in [0.5, 0.6) is 0 Å². The van der Waals surface area contributed by atoms with E-state index in [1.165, 1.54) is 35.6 Å². The maximum absolute atomic E-state index is 13.0. The SMILES string of the molecule is CSCCOCc1ncccc1-c1csc(NC(=O)c2ccc(F)cc2)n1. The third kappa shape index (κ3) is 5.35. The predicted molar refractivity (Wildman–Crippen MR) is 108 cm³/mol. The molecule has 0 saturated heterocycles. The molecule has 0 fully saturated rings. The molecule has 0 aliphatic rings. The molecular weight excluding hydrogens is 385 g/mol. The van der Waals surface area contributed by atoms with Crippen molar-refractivity contribution in [3.05, 3.63) is 65.0 Å². The van der Waals surface area contributed by atoms with Crippen LogP contribution in [0.4, 0.5) is 9.52 Å². The lowest BCUT2D eigenvalue weighted by molar-refractivity contribution is 0.102. The van der Waals surface area contributed by atoms with Gasteiger partial charge in [0.2, 0.25) is 0 Å². The van der Waals surface area contributed by atoms with Gasteiger partial charge in [-0.2, -0.15) is 11.8 Å². The van der Waals surface area contributed by atoms with Crippen molar-refractivity contribution in [1.29, 1.82) is 0 Å². The molecule has 27 heavy (non-hydrogen) atoms. The van der Waals surface area contributed by atoms with Crippen LogP contribution in [-0.4, -0.2) is 34.5 Å². The van der Waals surface area contributed by atoms with E-state index >= 15 is 0 Å². The average Bonchev–Trinajstić information content (AvgIpc) is 3.14. The summed E-state index contributed by atoms with van der Waals surface area (Å²) in [5.41, 5.74) is 2.78. The average molecular weight is 404 g/mol. The van der Waals surface area contributed by atoms with Crippen molar-refractivity contribution in [2.24, 2.45) is 0 Å². The van der Waals surface area contributed by atoms with Crippen molar-refractivity contribution < 1.29 is 13.9 Å². The molecule has 2 heterocycles. The van der Waals surface area contributed by atoms with Crippen LogP contribution in [0.3, 0.4) is 0 Å². The van der Waals surface area contributed by atoms with E-state index < -0.39 is 0 Å². The summed E-state index contributed by atoms with van der Waals surface area (Å²) in [5, 5.41) is 5.07. The number of benzene rings is 1. The van der Waals surface area contributed by atoms with E-state index in [9.17, 15) is 9.18 Å². The minimum absolute atomic E-state index is 0.331. The first-order chi connectivity index (χ1) is 13.2. The highest BCUT2D eigenvalue weighted by Crippen LogP contribution is 2.27. The molecule has 8 heteroatoms. The molecule has 3 rings (SSSR count). The van der Waals surface area contributed by atoms with Crippen LogP contribution in [0.2, 0.25) is 0 Å². The number of anilines is 1. The van der Waals surface area contributed by atoms with Crippen molar-refractivity contribution >= 4 is 34.1 Å². The van der Waals surface area contributed by atoms with Gasteiger partial charge in [0, 0.05) is 28.5 Å². The van der Waals surface area contributed by atoms with Gasteiger partial charge in [-0.1, -0.05) is 0 Å². The largest absolute Gasteiger partial charge is 0.374 e. The maximum atomic E-state index is 13.0. The Bertz CT molecular complexity index is 900. The van der Waals surface area contributed by atoms with Gasteiger partial charge in [0.15, 0.2) is 5.13 Å². The number of nitrogens with one attached hydrogen (secondary N) is 1. The zero-order chi connectivity index (χ0) is 19.1. The van der Waals surface area contributed by atoms with Crippen molar-refractivity contribution in [1.82, 2.24) is 9.97 Å². The molecule has 5 nitrogen and oxygen atoms in total. The monoisotopic (exact) mass is 403 g/mol. The lowest BCUT2D eigenvalue weighted by atomic mass is 10.1. The van der Waals surface area contributed by atoms with E-state index in [0.717, 1.165) is 22.7 Å². The molecule has 1 N–H and O–H groups in total. The first-order valence-electron chi connectivity index (χ1n) is 8.21. The Labute approximate surface area is 165 Å². The van der Waals surface area contributed by atoms with E-state index in [0.29, 0.717) is 23.9 Å². The lowest BCUT2D eigenvalue weighted by Gasteiger charge is -2.07. The third-order valence-corrected chi connectivity index (χ3v) is 5.00. The van der Waals surface area contributed by atoms with E-state index in [1.54, 1.807) is 18.0 Å². The van der Waals surface area contributed by atoms with Gasteiger partial charge in [-0.25, -0.2) is 9.37 Å². The van der Waals surface area contributed by atoms with E-state index in [4.69, 9.17) is 4.74 Å². The Morgan fingerprint density at radius 1 is 1.30 bits per heavy atom. The Balaban J connectivity index is 1.70. The fourth-order valence-electron chi connectivity index (χ4n) is 2.32. The molecule has 0 spiro atoms. The number of carbonyl (C=O) groups excluding carboxylic acids is 1. The zero-order valence-electron chi connectivity index (χ0n) is 14.6. The highest BCUT2D eigenvalue weighted by molar-refractivity contribution is 7.98. The normalized spacial score (nSPS) is 10.7. The smallest absolute Gasteiger partial charge is 0.257 e. The molecule has 3 aromatic rings. The number of rotatable bonds is 8. The van der Waals surface area contributed by atoms with Gasteiger partial charge >= 0.3 is 0 Å². The number of aromatic nitrogens is 2. The number of amides is 1. The van der Waals surface area contributed by atoms with Gasteiger partial charge in [-0.15, -0.1) is 11.3 Å². The summed E-state index contributed by atoms with van der Waals surface area (Å²) in [6, 6.07) is 9.15. The van der Waals surface area contributed by atoms with E-state index in [1.807, 2.05) is 23.8 Å². The minimum Gasteiger partial charge on any atom is -0.374 e. The van der Waals surface area contributed by atoms with Crippen LogP contribution >= 0.6 is 23.1 Å². The van der Waals surface area contributed by atoms with Gasteiger partial charge in [-0.05, 0) is 42.7 Å². The second kappa shape index (κ2) is 9.59. The van der Waals surface area contributed by atoms with Gasteiger partial charge in [0.25, 0.3) is 5.91 Å². The Kier molecular flexibility index (Phi) is 6.92. The van der Waals surface area contributed by atoms with Crippen LogP contribution in [0.15, 0.2) is 48.0 Å². The topological polar surface area (TPSA) is 64.1 Å².